The lowest BCUT2D eigenvalue weighted by Gasteiger charge is -2.00. The smallest absolute Gasteiger partial charge is 0.125 e. The fourth-order valence-electron chi connectivity index (χ4n) is 1.89. The van der Waals surface area contributed by atoms with Gasteiger partial charge in [-0.3, -0.25) is 4.99 Å². The van der Waals surface area contributed by atoms with Crippen molar-refractivity contribution in [3.63, 3.8) is 0 Å². The van der Waals surface area contributed by atoms with E-state index in [9.17, 15) is 0 Å². The molecule has 0 saturated heterocycles. The van der Waals surface area contributed by atoms with Crippen LogP contribution in [-0.2, 0) is 0 Å². The molecule has 3 nitrogen and oxygen atoms in total. The van der Waals surface area contributed by atoms with E-state index in [1.165, 1.54) is 0 Å². The fourth-order valence-corrected chi connectivity index (χ4v) is 1.89. The number of benzene rings is 1. The zero-order valence-corrected chi connectivity index (χ0v) is 7.88. The topological polar surface area (TPSA) is 41.1 Å². The molecule has 0 aliphatic carbocycles. The fraction of sp³-hybridized carbons (Fsp3) is 0. The van der Waals surface area contributed by atoms with Gasteiger partial charge in [-0.1, -0.05) is 18.2 Å². The summed E-state index contributed by atoms with van der Waals surface area (Å²) >= 11 is 0. The normalized spacial score (nSPS) is 12.7. The zero-order valence-electron chi connectivity index (χ0n) is 7.88. The molecule has 0 bridgehead atoms. The Morgan fingerprint density at radius 1 is 1.33 bits per heavy atom. The van der Waals surface area contributed by atoms with E-state index in [2.05, 4.69) is 11.1 Å². The van der Waals surface area contributed by atoms with Crippen molar-refractivity contribution >= 4 is 23.3 Å². The van der Waals surface area contributed by atoms with Gasteiger partial charge in [-0.25, -0.2) is 0 Å². The molecule has 1 aromatic carbocycles. The van der Waals surface area contributed by atoms with Crippen LogP contribution in [0.5, 0.6) is 0 Å². The molecule has 70 valence electrons. The van der Waals surface area contributed by atoms with Crippen LogP contribution in [0.1, 0.15) is 11.3 Å². The van der Waals surface area contributed by atoms with Gasteiger partial charge in [0.05, 0.1) is 5.52 Å². The molecule has 15 heavy (non-hydrogen) atoms. The minimum atomic E-state index is 0.638. The van der Waals surface area contributed by atoms with Gasteiger partial charge in [-0.05, 0) is 6.07 Å². The molecule has 3 heteroatoms. The molecule has 2 aromatic rings. The van der Waals surface area contributed by atoms with E-state index >= 15 is 0 Å². The lowest BCUT2D eigenvalue weighted by molar-refractivity contribution is 1.18. The highest BCUT2D eigenvalue weighted by Crippen LogP contribution is 2.24. The minimum absolute atomic E-state index is 0.638. The van der Waals surface area contributed by atoms with Crippen molar-refractivity contribution in [2.24, 2.45) is 4.99 Å². The maximum atomic E-state index is 9.01. The molecule has 2 heterocycles. The van der Waals surface area contributed by atoms with Crippen LogP contribution < -0.4 is 0 Å². The van der Waals surface area contributed by atoms with Crippen molar-refractivity contribution in [2.75, 3.05) is 0 Å². The van der Waals surface area contributed by atoms with Crippen LogP contribution in [0.25, 0.3) is 17.1 Å². The standard InChI is InChI=1S/C12H7N3/c13-7-11-6-9-2-1-3-10-8-14-4-5-15(11)12(9)10/h1-6,8H. The molecule has 1 aliphatic heterocycles. The highest BCUT2D eigenvalue weighted by atomic mass is 15.0. The first-order chi connectivity index (χ1) is 7.40. The van der Waals surface area contributed by atoms with Crippen LogP contribution in [0.4, 0.5) is 0 Å². The third-order valence-electron chi connectivity index (χ3n) is 2.52. The Labute approximate surface area is 86.6 Å². The van der Waals surface area contributed by atoms with Gasteiger partial charge in [-0.15, -0.1) is 0 Å². The van der Waals surface area contributed by atoms with Gasteiger partial charge in [0, 0.05) is 29.6 Å². The lowest BCUT2D eigenvalue weighted by Crippen LogP contribution is -1.91. The highest BCUT2D eigenvalue weighted by Gasteiger charge is 2.10. The monoisotopic (exact) mass is 193 g/mol. The summed E-state index contributed by atoms with van der Waals surface area (Å²) in [7, 11) is 0. The Morgan fingerprint density at radius 3 is 3.13 bits per heavy atom. The summed E-state index contributed by atoms with van der Waals surface area (Å²) in [5.41, 5.74) is 2.73. The summed E-state index contributed by atoms with van der Waals surface area (Å²) in [6, 6.07) is 10.0. The largest absolute Gasteiger partial charge is 0.305 e. The van der Waals surface area contributed by atoms with Crippen LogP contribution >= 0.6 is 0 Å². The summed E-state index contributed by atoms with van der Waals surface area (Å²) in [5.74, 6) is 0. The third-order valence-corrected chi connectivity index (χ3v) is 2.52. The number of para-hydroxylation sites is 1. The number of aromatic nitrogens is 1. The maximum Gasteiger partial charge on any atom is 0.125 e. The zero-order chi connectivity index (χ0) is 10.3. The Kier molecular flexibility index (Phi) is 1.51. The summed E-state index contributed by atoms with van der Waals surface area (Å²) < 4.78 is 1.87. The summed E-state index contributed by atoms with van der Waals surface area (Å²) in [6.45, 7) is 0. The molecule has 1 aromatic heterocycles. The molecule has 0 spiro atoms. The van der Waals surface area contributed by atoms with E-state index in [0.29, 0.717) is 5.69 Å². The summed E-state index contributed by atoms with van der Waals surface area (Å²) in [6.07, 6.45) is 5.32. The molecule has 0 radical (unpaired) electrons. The number of hydrogen-bond donors (Lipinski definition) is 0. The second-order valence-corrected chi connectivity index (χ2v) is 3.37. The van der Waals surface area contributed by atoms with Gasteiger partial charge < -0.3 is 4.57 Å². The molecule has 0 fully saturated rings. The van der Waals surface area contributed by atoms with Crippen molar-refractivity contribution in [3.05, 3.63) is 41.7 Å². The van der Waals surface area contributed by atoms with Gasteiger partial charge in [-0.2, -0.15) is 5.26 Å². The molecule has 0 N–H and O–H groups in total. The number of aliphatic imine (C=N–C) groups is 1. The first-order valence-electron chi connectivity index (χ1n) is 4.64. The Hall–Kier alpha value is -2.34. The minimum Gasteiger partial charge on any atom is -0.305 e. The van der Waals surface area contributed by atoms with Crippen LogP contribution in [0.15, 0.2) is 35.5 Å². The van der Waals surface area contributed by atoms with Gasteiger partial charge in [0.1, 0.15) is 11.8 Å². The summed E-state index contributed by atoms with van der Waals surface area (Å²) in [4.78, 5) is 4.12. The number of nitriles is 1. The number of nitrogens with zero attached hydrogens (tertiary/aromatic N) is 3. The van der Waals surface area contributed by atoms with Gasteiger partial charge in [0.2, 0.25) is 0 Å². The van der Waals surface area contributed by atoms with E-state index < -0.39 is 0 Å². The van der Waals surface area contributed by atoms with Crippen LogP contribution in [0.3, 0.4) is 0 Å². The van der Waals surface area contributed by atoms with Gasteiger partial charge >= 0.3 is 0 Å². The Morgan fingerprint density at radius 2 is 2.27 bits per heavy atom. The molecular weight excluding hydrogens is 186 g/mol. The third kappa shape index (κ3) is 1.02. The van der Waals surface area contributed by atoms with E-state index in [-0.39, 0.29) is 0 Å². The number of hydrogen-bond acceptors (Lipinski definition) is 2. The first kappa shape index (κ1) is 8.01. The number of rotatable bonds is 0. The van der Waals surface area contributed by atoms with Crippen LogP contribution in [0.2, 0.25) is 0 Å². The average molecular weight is 193 g/mol. The molecule has 0 amide bonds. The van der Waals surface area contributed by atoms with Crippen molar-refractivity contribution in [3.8, 4) is 6.07 Å². The second kappa shape index (κ2) is 2.82. The SMILES string of the molecule is N#Cc1cc2cccc3c2n1C=CN=C3. The van der Waals surface area contributed by atoms with Crippen LogP contribution in [-0.4, -0.2) is 10.8 Å². The molecule has 1 aliphatic rings. The molecule has 0 atom stereocenters. The molecule has 0 saturated carbocycles. The van der Waals surface area contributed by atoms with Crippen molar-refractivity contribution in [2.45, 2.75) is 0 Å². The Bertz CT molecular complexity index is 639. The van der Waals surface area contributed by atoms with Crippen molar-refractivity contribution in [1.29, 1.82) is 5.26 Å². The average Bonchev–Trinajstić information content (AvgIpc) is 2.47. The van der Waals surface area contributed by atoms with Gasteiger partial charge in [0.25, 0.3) is 0 Å². The highest BCUT2D eigenvalue weighted by molar-refractivity contribution is 6.00. The van der Waals surface area contributed by atoms with Gasteiger partial charge in [0.15, 0.2) is 0 Å². The molecular formula is C12H7N3. The van der Waals surface area contributed by atoms with Crippen molar-refractivity contribution in [1.82, 2.24) is 4.57 Å². The maximum absolute atomic E-state index is 9.01. The van der Waals surface area contributed by atoms with E-state index in [0.717, 1.165) is 16.5 Å². The van der Waals surface area contributed by atoms with E-state index in [1.54, 1.807) is 6.20 Å². The predicted molar refractivity (Wildman–Crippen MR) is 59.6 cm³/mol. The Balaban J connectivity index is 2.56. The molecule has 0 unspecified atom stereocenters. The quantitative estimate of drug-likeness (QED) is 0.633. The van der Waals surface area contributed by atoms with E-state index in [1.807, 2.05) is 41.2 Å². The second-order valence-electron chi connectivity index (χ2n) is 3.37. The molecule has 3 rings (SSSR count). The summed E-state index contributed by atoms with van der Waals surface area (Å²) in [5, 5.41) is 10.1. The van der Waals surface area contributed by atoms with Crippen LogP contribution in [0, 0.1) is 11.3 Å². The first-order valence-corrected chi connectivity index (χ1v) is 4.64. The lowest BCUT2D eigenvalue weighted by atomic mass is 10.1. The predicted octanol–water partition coefficient (Wildman–Crippen LogP) is 2.37. The van der Waals surface area contributed by atoms with Crippen molar-refractivity contribution < 1.29 is 0 Å². The van der Waals surface area contributed by atoms with E-state index in [4.69, 9.17) is 5.26 Å².